The fourth-order valence-electron chi connectivity index (χ4n) is 2.70. The third-order valence-electron chi connectivity index (χ3n) is 4.12. The van der Waals surface area contributed by atoms with Crippen LogP contribution in [0.2, 0.25) is 0 Å². The standard InChI is InChI=1S/C21H24N2O6/c1-14(24)29-13-16(12-15-8-4-5-9-17(15)20(25)27-2)22-23-19-11-7-6-10-18(19)21(26)28-3/h4-11,16,22-23H,12-13H2,1-3H3. The van der Waals surface area contributed by atoms with Gasteiger partial charge in [0.25, 0.3) is 0 Å². The normalized spacial score (nSPS) is 11.3. The number of para-hydroxylation sites is 1. The van der Waals surface area contributed by atoms with E-state index in [2.05, 4.69) is 10.9 Å². The molecule has 0 bridgehead atoms. The van der Waals surface area contributed by atoms with E-state index < -0.39 is 23.9 Å². The predicted molar refractivity (Wildman–Crippen MR) is 106 cm³/mol. The van der Waals surface area contributed by atoms with E-state index in [0.717, 1.165) is 5.56 Å². The molecule has 1 unspecified atom stereocenters. The lowest BCUT2D eigenvalue weighted by atomic mass is 10.0. The van der Waals surface area contributed by atoms with E-state index in [0.29, 0.717) is 23.2 Å². The highest BCUT2D eigenvalue weighted by atomic mass is 16.5. The van der Waals surface area contributed by atoms with Crippen LogP contribution in [0.4, 0.5) is 5.69 Å². The molecule has 0 saturated carbocycles. The number of nitrogens with one attached hydrogen (secondary N) is 2. The van der Waals surface area contributed by atoms with Gasteiger partial charge in [0.1, 0.15) is 6.61 Å². The highest BCUT2D eigenvalue weighted by molar-refractivity contribution is 5.95. The van der Waals surface area contributed by atoms with E-state index in [1.54, 1.807) is 42.5 Å². The first kappa shape index (κ1) is 21.9. The molecule has 29 heavy (non-hydrogen) atoms. The summed E-state index contributed by atoms with van der Waals surface area (Å²) < 4.78 is 14.8. The number of methoxy groups -OCH3 is 2. The summed E-state index contributed by atoms with van der Waals surface area (Å²) in [5, 5.41) is 0. The molecule has 0 aliphatic rings. The van der Waals surface area contributed by atoms with Crippen LogP contribution >= 0.6 is 0 Å². The van der Waals surface area contributed by atoms with Gasteiger partial charge in [0.2, 0.25) is 0 Å². The molecule has 2 rings (SSSR count). The van der Waals surface area contributed by atoms with Crippen LogP contribution in [-0.4, -0.2) is 44.8 Å². The zero-order valence-electron chi connectivity index (χ0n) is 16.6. The molecule has 2 N–H and O–H groups in total. The van der Waals surface area contributed by atoms with Crippen LogP contribution in [0.3, 0.4) is 0 Å². The number of rotatable bonds is 9. The van der Waals surface area contributed by atoms with Gasteiger partial charge in [-0.15, -0.1) is 0 Å². The van der Waals surface area contributed by atoms with E-state index in [9.17, 15) is 14.4 Å². The Morgan fingerprint density at radius 3 is 2.14 bits per heavy atom. The van der Waals surface area contributed by atoms with Crippen molar-refractivity contribution >= 4 is 23.6 Å². The molecule has 0 aromatic heterocycles. The third kappa shape index (κ3) is 6.32. The summed E-state index contributed by atoms with van der Waals surface area (Å²) in [6.07, 6.45) is 0.367. The van der Waals surface area contributed by atoms with E-state index in [1.807, 2.05) is 6.07 Å². The van der Waals surface area contributed by atoms with Crippen LogP contribution in [0.5, 0.6) is 0 Å². The van der Waals surface area contributed by atoms with Crippen LogP contribution in [0.15, 0.2) is 48.5 Å². The number of hydrogen-bond donors (Lipinski definition) is 2. The summed E-state index contributed by atoms with van der Waals surface area (Å²) in [5.74, 6) is -1.36. The maximum absolute atomic E-state index is 12.0. The van der Waals surface area contributed by atoms with Crippen molar-refractivity contribution in [2.24, 2.45) is 0 Å². The molecule has 0 amide bonds. The number of hydrogen-bond acceptors (Lipinski definition) is 8. The minimum Gasteiger partial charge on any atom is -0.465 e. The average Bonchev–Trinajstić information content (AvgIpc) is 2.74. The zero-order chi connectivity index (χ0) is 21.2. The lowest BCUT2D eigenvalue weighted by molar-refractivity contribution is -0.141. The molecule has 0 aliphatic heterocycles. The first-order chi connectivity index (χ1) is 14.0. The van der Waals surface area contributed by atoms with E-state index in [4.69, 9.17) is 14.2 Å². The van der Waals surface area contributed by atoms with Gasteiger partial charge < -0.3 is 19.6 Å². The molecular formula is C21H24N2O6. The van der Waals surface area contributed by atoms with E-state index >= 15 is 0 Å². The Kier molecular flexibility index (Phi) is 8.17. The third-order valence-corrected chi connectivity index (χ3v) is 4.12. The Balaban J connectivity index is 2.19. The number of hydrazine groups is 1. The molecule has 2 aromatic rings. The maximum atomic E-state index is 12.0. The van der Waals surface area contributed by atoms with Gasteiger partial charge in [0.15, 0.2) is 0 Å². The van der Waals surface area contributed by atoms with Crippen LogP contribution in [-0.2, 0) is 25.4 Å². The summed E-state index contributed by atoms with van der Waals surface area (Å²) >= 11 is 0. The SMILES string of the molecule is COC(=O)c1ccccc1CC(COC(C)=O)NNc1ccccc1C(=O)OC. The van der Waals surface area contributed by atoms with Crippen LogP contribution in [0, 0.1) is 0 Å². The second-order valence-corrected chi connectivity index (χ2v) is 6.16. The van der Waals surface area contributed by atoms with Crippen molar-refractivity contribution in [2.45, 2.75) is 19.4 Å². The minimum absolute atomic E-state index is 0.0538. The summed E-state index contributed by atoms with van der Waals surface area (Å²) in [5.41, 5.74) is 8.05. The molecule has 0 spiro atoms. The van der Waals surface area contributed by atoms with Crippen LogP contribution in [0.1, 0.15) is 33.2 Å². The van der Waals surface area contributed by atoms with Crippen molar-refractivity contribution in [1.29, 1.82) is 0 Å². The van der Waals surface area contributed by atoms with Gasteiger partial charge in [-0.05, 0) is 30.2 Å². The quantitative estimate of drug-likeness (QED) is 0.376. The molecule has 8 nitrogen and oxygen atoms in total. The Hall–Kier alpha value is -3.39. The molecule has 0 heterocycles. The number of carbonyl (C=O) groups is 3. The fraction of sp³-hybridized carbons (Fsp3) is 0.286. The molecule has 0 radical (unpaired) electrons. The largest absolute Gasteiger partial charge is 0.465 e. The van der Waals surface area contributed by atoms with Gasteiger partial charge in [-0.25, -0.2) is 15.0 Å². The van der Waals surface area contributed by atoms with E-state index in [-0.39, 0.29) is 6.61 Å². The number of esters is 3. The van der Waals surface area contributed by atoms with Gasteiger partial charge in [0.05, 0.1) is 37.1 Å². The Bertz CT molecular complexity index is 868. The summed E-state index contributed by atoms with van der Waals surface area (Å²) in [6, 6.07) is 13.5. The second-order valence-electron chi connectivity index (χ2n) is 6.16. The zero-order valence-corrected chi connectivity index (χ0v) is 16.6. The first-order valence-corrected chi connectivity index (χ1v) is 8.94. The second kappa shape index (κ2) is 10.8. The summed E-state index contributed by atoms with van der Waals surface area (Å²) in [6.45, 7) is 1.37. The Labute approximate surface area is 169 Å². The Morgan fingerprint density at radius 1 is 0.897 bits per heavy atom. The van der Waals surface area contributed by atoms with Gasteiger partial charge in [-0.2, -0.15) is 0 Å². The molecule has 1 atom stereocenters. The first-order valence-electron chi connectivity index (χ1n) is 8.94. The number of ether oxygens (including phenoxy) is 3. The minimum atomic E-state index is -0.484. The highest BCUT2D eigenvalue weighted by Gasteiger charge is 2.18. The van der Waals surface area contributed by atoms with Crippen molar-refractivity contribution in [3.05, 3.63) is 65.2 Å². The van der Waals surface area contributed by atoms with Gasteiger partial charge in [-0.1, -0.05) is 30.3 Å². The molecule has 154 valence electrons. The maximum Gasteiger partial charge on any atom is 0.340 e. The Morgan fingerprint density at radius 2 is 1.48 bits per heavy atom. The number of benzene rings is 2. The topological polar surface area (TPSA) is 103 Å². The highest BCUT2D eigenvalue weighted by Crippen LogP contribution is 2.16. The monoisotopic (exact) mass is 400 g/mol. The molecule has 0 saturated heterocycles. The lowest BCUT2D eigenvalue weighted by Crippen LogP contribution is -2.40. The van der Waals surface area contributed by atoms with Crippen LogP contribution < -0.4 is 10.9 Å². The molecule has 2 aromatic carbocycles. The molecular weight excluding hydrogens is 376 g/mol. The van der Waals surface area contributed by atoms with Gasteiger partial charge in [-0.3, -0.25) is 4.79 Å². The lowest BCUT2D eigenvalue weighted by Gasteiger charge is -2.21. The summed E-state index contributed by atoms with van der Waals surface area (Å²) in [4.78, 5) is 35.2. The number of anilines is 1. The molecule has 0 fully saturated rings. The molecule has 0 aliphatic carbocycles. The van der Waals surface area contributed by atoms with Crippen molar-refractivity contribution < 1.29 is 28.6 Å². The van der Waals surface area contributed by atoms with Crippen molar-refractivity contribution in [3.8, 4) is 0 Å². The van der Waals surface area contributed by atoms with Gasteiger partial charge in [0, 0.05) is 6.92 Å². The van der Waals surface area contributed by atoms with Crippen molar-refractivity contribution in [1.82, 2.24) is 5.43 Å². The average molecular weight is 400 g/mol. The van der Waals surface area contributed by atoms with Gasteiger partial charge >= 0.3 is 17.9 Å². The van der Waals surface area contributed by atoms with Crippen molar-refractivity contribution in [2.75, 3.05) is 26.3 Å². The van der Waals surface area contributed by atoms with Crippen molar-refractivity contribution in [3.63, 3.8) is 0 Å². The van der Waals surface area contributed by atoms with Crippen LogP contribution in [0.25, 0.3) is 0 Å². The summed E-state index contributed by atoms with van der Waals surface area (Å²) in [7, 11) is 2.62. The predicted octanol–water partition coefficient (Wildman–Crippen LogP) is 2.35. The molecule has 8 heteroatoms. The fourth-order valence-corrected chi connectivity index (χ4v) is 2.70. The van der Waals surface area contributed by atoms with E-state index in [1.165, 1.54) is 21.1 Å². The number of carbonyl (C=O) groups excluding carboxylic acids is 3. The smallest absolute Gasteiger partial charge is 0.340 e.